The molecule has 0 N–H and O–H groups in total. The Morgan fingerprint density at radius 1 is 1.25 bits per heavy atom. The smallest absolute Gasteiger partial charge is 0.153 e. The molecule has 0 fully saturated rings. The molecule has 0 amide bonds. The van der Waals surface area contributed by atoms with Crippen molar-refractivity contribution in [2.24, 2.45) is 0 Å². The molecular formula is C16H18N2O2. The number of ether oxygens (including phenoxy) is 1. The molecule has 1 aromatic carbocycles. The van der Waals surface area contributed by atoms with Crippen molar-refractivity contribution in [1.82, 2.24) is 9.88 Å². The quantitative estimate of drug-likeness (QED) is 0.756. The standard InChI is InChI=1S/C16H18N2O2/c1-18(2)9-10-20-16-7-6-13(11-14(16)12-19)15-5-3-4-8-17-15/h3-8,11-12H,9-10H2,1-2H3. The summed E-state index contributed by atoms with van der Waals surface area (Å²) in [5, 5.41) is 0. The summed E-state index contributed by atoms with van der Waals surface area (Å²) in [7, 11) is 3.96. The maximum absolute atomic E-state index is 11.2. The maximum atomic E-state index is 11.2. The summed E-state index contributed by atoms with van der Waals surface area (Å²) in [6.07, 6.45) is 2.55. The third-order valence-corrected chi connectivity index (χ3v) is 2.89. The van der Waals surface area contributed by atoms with E-state index in [-0.39, 0.29) is 0 Å². The van der Waals surface area contributed by atoms with E-state index in [1.54, 1.807) is 12.3 Å². The molecule has 1 aromatic heterocycles. The second-order valence-electron chi connectivity index (χ2n) is 4.74. The van der Waals surface area contributed by atoms with Gasteiger partial charge >= 0.3 is 0 Å². The molecular weight excluding hydrogens is 252 g/mol. The highest BCUT2D eigenvalue weighted by molar-refractivity contribution is 5.82. The fourth-order valence-corrected chi connectivity index (χ4v) is 1.80. The molecule has 0 saturated carbocycles. The van der Waals surface area contributed by atoms with E-state index in [1.165, 1.54) is 0 Å². The summed E-state index contributed by atoms with van der Waals surface area (Å²) in [5.74, 6) is 0.613. The van der Waals surface area contributed by atoms with Crippen molar-refractivity contribution >= 4 is 6.29 Å². The van der Waals surface area contributed by atoms with Crippen molar-refractivity contribution in [3.8, 4) is 17.0 Å². The topological polar surface area (TPSA) is 42.4 Å². The number of pyridine rings is 1. The van der Waals surface area contributed by atoms with Gasteiger partial charge in [0.05, 0.1) is 11.3 Å². The number of rotatable bonds is 6. The van der Waals surface area contributed by atoms with E-state index in [1.807, 2.05) is 49.3 Å². The molecule has 4 nitrogen and oxygen atoms in total. The molecule has 0 aliphatic carbocycles. The predicted octanol–water partition coefficient (Wildman–Crippen LogP) is 2.50. The molecule has 0 aliphatic heterocycles. The molecule has 1 heterocycles. The summed E-state index contributed by atoms with van der Waals surface area (Å²) in [6, 6.07) is 11.2. The minimum Gasteiger partial charge on any atom is -0.492 e. The van der Waals surface area contributed by atoms with Gasteiger partial charge in [-0.3, -0.25) is 9.78 Å². The number of hydrogen-bond donors (Lipinski definition) is 0. The normalized spacial score (nSPS) is 10.6. The van der Waals surface area contributed by atoms with Crippen LogP contribution in [0, 0.1) is 0 Å². The fourth-order valence-electron chi connectivity index (χ4n) is 1.80. The molecule has 0 radical (unpaired) electrons. The number of carbonyl (C=O) groups is 1. The second-order valence-corrected chi connectivity index (χ2v) is 4.74. The Balaban J connectivity index is 2.18. The van der Waals surface area contributed by atoms with Crippen LogP contribution in [0.5, 0.6) is 5.75 Å². The second kappa shape index (κ2) is 6.82. The maximum Gasteiger partial charge on any atom is 0.153 e. The first-order valence-corrected chi connectivity index (χ1v) is 6.49. The first-order valence-electron chi connectivity index (χ1n) is 6.49. The van der Waals surface area contributed by atoms with Crippen LogP contribution in [0.1, 0.15) is 10.4 Å². The van der Waals surface area contributed by atoms with Crippen molar-refractivity contribution < 1.29 is 9.53 Å². The van der Waals surface area contributed by atoms with Crippen LogP contribution in [0.15, 0.2) is 42.6 Å². The first kappa shape index (κ1) is 14.2. The van der Waals surface area contributed by atoms with Crippen LogP contribution in [0.4, 0.5) is 0 Å². The Morgan fingerprint density at radius 3 is 2.75 bits per heavy atom. The fraction of sp³-hybridized carbons (Fsp3) is 0.250. The Bertz CT molecular complexity index is 568. The highest BCUT2D eigenvalue weighted by Gasteiger charge is 2.06. The van der Waals surface area contributed by atoms with Gasteiger partial charge in [0.15, 0.2) is 6.29 Å². The van der Waals surface area contributed by atoms with Gasteiger partial charge in [0.25, 0.3) is 0 Å². The number of aromatic nitrogens is 1. The van der Waals surface area contributed by atoms with Crippen LogP contribution in [0.2, 0.25) is 0 Å². The Labute approximate surface area is 119 Å². The van der Waals surface area contributed by atoms with Crippen LogP contribution in [0.25, 0.3) is 11.3 Å². The molecule has 2 rings (SSSR count). The Morgan fingerprint density at radius 2 is 2.10 bits per heavy atom. The lowest BCUT2D eigenvalue weighted by molar-refractivity contribution is 0.111. The zero-order valence-corrected chi connectivity index (χ0v) is 11.7. The molecule has 0 atom stereocenters. The summed E-state index contributed by atoms with van der Waals surface area (Å²) in [4.78, 5) is 17.5. The highest BCUT2D eigenvalue weighted by Crippen LogP contribution is 2.24. The van der Waals surface area contributed by atoms with Crippen LogP contribution in [0.3, 0.4) is 0 Å². The lowest BCUT2D eigenvalue weighted by Gasteiger charge is -2.13. The summed E-state index contributed by atoms with van der Waals surface area (Å²) in [6.45, 7) is 1.36. The van der Waals surface area contributed by atoms with Gasteiger partial charge < -0.3 is 9.64 Å². The van der Waals surface area contributed by atoms with Gasteiger partial charge in [0.1, 0.15) is 12.4 Å². The molecule has 0 aliphatic rings. The van der Waals surface area contributed by atoms with Crippen molar-refractivity contribution in [2.45, 2.75) is 0 Å². The van der Waals surface area contributed by atoms with E-state index >= 15 is 0 Å². The van der Waals surface area contributed by atoms with Gasteiger partial charge in [-0.15, -0.1) is 0 Å². The average molecular weight is 270 g/mol. The minimum atomic E-state index is 0.548. The summed E-state index contributed by atoms with van der Waals surface area (Å²) in [5.41, 5.74) is 2.30. The number of carbonyl (C=O) groups excluding carboxylic acids is 1. The van der Waals surface area contributed by atoms with Crippen LogP contribution in [-0.4, -0.2) is 43.4 Å². The van der Waals surface area contributed by atoms with E-state index in [0.717, 1.165) is 24.1 Å². The largest absolute Gasteiger partial charge is 0.492 e. The lowest BCUT2D eigenvalue weighted by Crippen LogP contribution is -2.19. The molecule has 0 bridgehead atoms. The Hall–Kier alpha value is -2.20. The van der Waals surface area contributed by atoms with E-state index in [4.69, 9.17) is 4.74 Å². The van der Waals surface area contributed by atoms with Gasteiger partial charge in [-0.1, -0.05) is 6.07 Å². The number of aldehydes is 1. The van der Waals surface area contributed by atoms with Gasteiger partial charge in [-0.25, -0.2) is 0 Å². The number of benzene rings is 1. The zero-order chi connectivity index (χ0) is 14.4. The van der Waals surface area contributed by atoms with E-state index in [0.29, 0.717) is 17.9 Å². The molecule has 4 heteroatoms. The zero-order valence-electron chi connectivity index (χ0n) is 11.7. The molecule has 20 heavy (non-hydrogen) atoms. The van der Waals surface area contributed by atoms with E-state index in [9.17, 15) is 4.79 Å². The predicted molar refractivity (Wildman–Crippen MR) is 79.1 cm³/mol. The van der Waals surface area contributed by atoms with Crippen molar-refractivity contribution in [2.75, 3.05) is 27.2 Å². The summed E-state index contributed by atoms with van der Waals surface area (Å²) >= 11 is 0. The molecule has 0 unspecified atom stereocenters. The number of hydrogen-bond acceptors (Lipinski definition) is 4. The van der Waals surface area contributed by atoms with Crippen LogP contribution in [-0.2, 0) is 0 Å². The van der Waals surface area contributed by atoms with Gasteiger partial charge in [-0.05, 0) is 44.4 Å². The van der Waals surface area contributed by atoms with E-state index in [2.05, 4.69) is 4.98 Å². The minimum absolute atomic E-state index is 0.548. The lowest BCUT2D eigenvalue weighted by atomic mass is 10.1. The third-order valence-electron chi connectivity index (χ3n) is 2.89. The van der Waals surface area contributed by atoms with Crippen molar-refractivity contribution in [3.63, 3.8) is 0 Å². The average Bonchev–Trinajstić information content (AvgIpc) is 2.48. The molecule has 0 saturated heterocycles. The third kappa shape index (κ3) is 3.65. The highest BCUT2D eigenvalue weighted by atomic mass is 16.5. The van der Waals surface area contributed by atoms with Crippen molar-refractivity contribution in [1.29, 1.82) is 0 Å². The van der Waals surface area contributed by atoms with Gasteiger partial charge in [-0.2, -0.15) is 0 Å². The summed E-state index contributed by atoms with van der Waals surface area (Å²) < 4.78 is 5.64. The number of likely N-dealkylation sites (N-methyl/N-ethyl adjacent to an activating group) is 1. The van der Waals surface area contributed by atoms with E-state index < -0.39 is 0 Å². The van der Waals surface area contributed by atoms with Crippen molar-refractivity contribution in [3.05, 3.63) is 48.2 Å². The molecule has 0 spiro atoms. The van der Waals surface area contributed by atoms with Gasteiger partial charge in [0, 0.05) is 18.3 Å². The molecule has 2 aromatic rings. The van der Waals surface area contributed by atoms with Gasteiger partial charge in [0.2, 0.25) is 0 Å². The number of nitrogens with zero attached hydrogens (tertiary/aromatic N) is 2. The molecule has 104 valence electrons. The van der Waals surface area contributed by atoms with Crippen LogP contribution < -0.4 is 4.74 Å². The monoisotopic (exact) mass is 270 g/mol. The first-order chi connectivity index (χ1) is 9.70. The SMILES string of the molecule is CN(C)CCOc1ccc(-c2ccccn2)cc1C=O. The van der Waals surface area contributed by atoms with Crippen LogP contribution >= 0.6 is 0 Å². The Kier molecular flexibility index (Phi) is 4.85.